The predicted molar refractivity (Wildman–Crippen MR) is 71.8 cm³/mol. The Kier molecular flexibility index (Phi) is 4.20. The summed E-state index contributed by atoms with van der Waals surface area (Å²) in [4.78, 5) is 13.6. The molecule has 1 N–H and O–H groups in total. The van der Waals surface area contributed by atoms with Crippen LogP contribution in [0.15, 0.2) is 24.3 Å². The lowest BCUT2D eigenvalue weighted by Gasteiger charge is -2.23. The topological polar surface area (TPSA) is 41.6 Å². The normalized spacial score (nSPS) is 19.0. The molecule has 0 aliphatic carbocycles. The zero-order valence-electron chi connectivity index (χ0n) is 11.0. The van der Waals surface area contributed by atoms with E-state index < -0.39 is 0 Å². The van der Waals surface area contributed by atoms with Crippen LogP contribution < -0.4 is 10.2 Å². The number of benzene rings is 1. The van der Waals surface area contributed by atoms with E-state index in [-0.39, 0.29) is 6.09 Å². The number of nitrogens with one attached hydrogen (secondary N) is 1. The molecule has 1 unspecified atom stereocenters. The molecule has 0 fully saturated rings. The van der Waals surface area contributed by atoms with E-state index in [0.29, 0.717) is 12.6 Å². The maximum atomic E-state index is 11.8. The Hall–Kier alpha value is -1.55. The third kappa shape index (κ3) is 2.48. The number of ether oxygens (including phenoxy) is 1. The number of para-hydroxylation sites is 1. The number of hydrogen-bond donors (Lipinski definition) is 1. The van der Waals surface area contributed by atoms with E-state index in [2.05, 4.69) is 18.3 Å². The molecular formula is C14H20N2O2. The second-order valence-electron chi connectivity index (χ2n) is 4.43. The highest BCUT2D eigenvalue weighted by molar-refractivity contribution is 5.88. The maximum absolute atomic E-state index is 11.8. The molecule has 1 aromatic rings. The van der Waals surface area contributed by atoms with E-state index in [1.165, 1.54) is 12.7 Å². The summed E-state index contributed by atoms with van der Waals surface area (Å²) in [6.07, 6.45) is 1.74. The van der Waals surface area contributed by atoms with Gasteiger partial charge < -0.3 is 10.1 Å². The molecule has 1 aliphatic rings. The molecule has 2 rings (SSSR count). The van der Waals surface area contributed by atoms with Gasteiger partial charge in [0, 0.05) is 12.6 Å². The molecule has 4 heteroatoms. The van der Waals surface area contributed by atoms with E-state index in [0.717, 1.165) is 25.1 Å². The molecule has 0 bridgehead atoms. The minimum absolute atomic E-state index is 0.278. The van der Waals surface area contributed by atoms with Gasteiger partial charge in [0.05, 0.1) is 12.8 Å². The molecule has 0 aromatic heterocycles. The zero-order chi connectivity index (χ0) is 13.0. The standard InChI is InChI=1S/C14H20N2O2/c1-3-15-12-8-6-10-16(14(17)18-2)13-9-5-4-7-11(12)13/h4-5,7,9,12,15H,3,6,8,10H2,1-2H3. The van der Waals surface area contributed by atoms with Crippen LogP contribution >= 0.6 is 0 Å². The van der Waals surface area contributed by atoms with Crippen LogP contribution in [0.1, 0.15) is 31.4 Å². The lowest BCUT2D eigenvalue weighted by atomic mass is 10.0. The first kappa shape index (κ1) is 12.9. The first-order valence-electron chi connectivity index (χ1n) is 6.45. The molecule has 0 saturated carbocycles. The number of carbonyl (C=O) groups is 1. The Bertz CT molecular complexity index is 420. The number of rotatable bonds is 2. The molecule has 1 aliphatic heterocycles. The van der Waals surface area contributed by atoms with Crippen LogP contribution in [0.2, 0.25) is 0 Å². The highest BCUT2D eigenvalue weighted by Crippen LogP contribution is 2.32. The van der Waals surface area contributed by atoms with Crippen LogP contribution in [-0.4, -0.2) is 26.3 Å². The molecule has 1 heterocycles. The Balaban J connectivity index is 2.37. The molecule has 1 aromatic carbocycles. The Morgan fingerprint density at radius 3 is 3.00 bits per heavy atom. The fraction of sp³-hybridized carbons (Fsp3) is 0.500. The Morgan fingerprint density at radius 2 is 2.28 bits per heavy atom. The summed E-state index contributed by atoms with van der Waals surface area (Å²) < 4.78 is 4.86. The summed E-state index contributed by atoms with van der Waals surface area (Å²) in [5.41, 5.74) is 2.15. The van der Waals surface area contributed by atoms with Crippen molar-refractivity contribution in [3.05, 3.63) is 29.8 Å². The van der Waals surface area contributed by atoms with Gasteiger partial charge in [0.25, 0.3) is 0 Å². The minimum Gasteiger partial charge on any atom is -0.452 e. The van der Waals surface area contributed by atoms with E-state index in [1.807, 2.05) is 18.2 Å². The first-order valence-corrected chi connectivity index (χ1v) is 6.45. The van der Waals surface area contributed by atoms with Gasteiger partial charge in [0.1, 0.15) is 0 Å². The maximum Gasteiger partial charge on any atom is 0.414 e. The van der Waals surface area contributed by atoms with Crippen LogP contribution in [-0.2, 0) is 4.74 Å². The van der Waals surface area contributed by atoms with Gasteiger partial charge in [-0.2, -0.15) is 0 Å². The van der Waals surface area contributed by atoms with Gasteiger partial charge in [-0.1, -0.05) is 25.1 Å². The molecule has 0 radical (unpaired) electrons. The smallest absolute Gasteiger partial charge is 0.414 e. The summed E-state index contributed by atoms with van der Waals surface area (Å²) in [6, 6.07) is 8.37. The molecule has 1 amide bonds. The van der Waals surface area contributed by atoms with Crippen molar-refractivity contribution in [1.82, 2.24) is 5.32 Å². The largest absolute Gasteiger partial charge is 0.452 e. The van der Waals surface area contributed by atoms with Crippen molar-refractivity contribution in [3.8, 4) is 0 Å². The van der Waals surface area contributed by atoms with Crippen molar-refractivity contribution >= 4 is 11.8 Å². The number of fused-ring (bicyclic) bond motifs is 1. The second kappa shape index (κ2) is 5.87. The number of hydrogen-bond acceptors (Lipinski definition) is 3. The van der Waals surface area contributed by atoms with Crippen molar-refractivity contribution in [2.45, 2.75) is 25.8 Å². The number of nitrogens with zero attached hydrogens (tertiary/aromatic N) is 1. The van der Waals surface area contributed by atoms with E-state index in [4.69, 9.17) is 4.74 Å². The van der Waals surface area contributed by atoms with Crippen molar-refractivity contribution in [1.29, 1.82) is 0 Å². The monoisotopic (exact) mass is 248 g/mol. The summed E-state index contributed by atoms with van der Waals surface area (Å²) in [6.45, 7) is 3.74. The molecule has 1 atom stereocenters. The van der Waals surface area contributed by atoms with Gasteiger partial charge in [-0.15, -0.1) is 0 Å². The lowest BCUT2D eigenvalue weighted by molar-refractivity contribution is 0.178. The van der Waals surface area contributed by atoms with Crippen molar-refractivity contribution in [3.63, 3.8) is 0 Å². The highest BCUT2D eigenvalue weighted by atomic mass is 16.5. The SMILES string of the molecule is CCNC1CCCN(C(=O)OC)c2ccccc21. The average Bonchev–Trinajstić information content (AvgIpc) is 2.59. The highest BCUT2D eigenvalue weighted by Gasteiger charge is 2.25. The van der Waals surface area contributed by atoms with Crippen molar-refractivity contribution in [2.75, 3.05) is 25.1 Å². The van der Waals surface area contributed by atoms with Crippen LogP contribution in [0.3, 0.4) is 0 Å². The second-order valence-corrected chi connectivity index (χ2v) is 4.43. The fourth-order valence-electron chi connectivity index (χ4n) is 2.52. The predicted octanol–water partition coefficient (Wildman–Crippen LogP) is 2.70. The van der Waals surface area contributed by atoms with Crippen molar-refractivity contribution in [2.24, 2.45) is 0 Å². The quantitative estimate of drug-likeness (QED) is 0.875. The fourth-order valence-corrected chi connectivity index (χ4v) is 2.52. The van der Waals surface area contributed by atoms with Gasteiger partial charge in [-0.05, 0) is 31.0 Å². The number of methoxy groups -OCH3 is 1. The summed E-state index contributed by atoms with van der Waals surface area (Å²) in [5.74, 6) is 0. The Morgan fingerprint density at radius 1 is 1.50 bits per heavy atom. The van der Waals surface area contributed by atoms with Crippen molar-refractivity contribution < 1.29 is 9.53 Å². The molecule has 0 spiro atoms. The molecule has 0 saturated heterocycles. The Labute approximate surface area is 108 Å². The molecule has 4 nitrogen and oxygen atoms in total. The van der Waals surface area contributed by atoms with Gasteiger partial charge in [0.15, 0.2) is 0 Å². The molecular weight excluding hydrogens is 228 g/mol. The van der Waals surface area contributed by atoms with Crippen LogP contribution in [0.5, 0.6) is 0 Å². The van der Waals surface area contributed by atoms with E-state index >= 15 is 0 Å². The van der Waals surface area contributed by atoms with Gasteiger partial charge in [-0.3, -0.25) is 4.90 Å². The van der Waals surface area contributed by atoms with Gasteiger partial charge >= 0.3 is 6.09 Å². The summed E-state index contributed by atoms with van der Waals surface area (Å²) in [5, 5.41) is 3.48. The van der Waals surface area contributed by atoms with E-state index in [9.17, 15) is 4.79 Å². The van der Waals surface area contributed by atoms with E-state index in [1.54, 1.807) is 4.90 Å². The minimum atomic E-state index is -0.278. The summed E-state index contributed by atoms with van der Waals surface area (Å²) in [7, 11) is 1.43. The van der Waals surface area contributed by atoms with Gasteiger partial charge in [0.2, 0.25) is 0 Å². The zero-order valence-corrected chi connectivity index (χ0v) is 11.0. The lowest BCUT2D eigenvalue weighted by Crippen LogP contribution is -2.31. The third-order valence-electron chi connectivity index (χ3n) is 3.32. The molecule has 18 heavy (non-hydrogen) atoms. The van der Waals surface area contributed by atoms with Gasteiger partial charge in [-0.25, -0.2) is 4.79 Å². The van der Waals surface area contributed by atoms with Crippen LogP contribution in [0.25, 0.3) is 0 Å². The van der Waals surface area contributed by atoms with Crippen LogP contribution in [0.4, 0.5) is 10.5 Å². The number of anilines is 1. The van der Waals surface area contributed by atoms with Crippen LogP contribution in [0, 0.1) is 0 Å². The average molecular weight is 248 g/mol. The third-order valence-corrected chi connectivity index (χ3v) is 3.32. The number of amides is 1. The first-order chi connectivity index (χ1) is 8.77. The molecule has 98 valence electrons. The summed E-state index contributed by atoms with van der Waals surface area (Å²) >= 11 is 0. The number of carbonyl (C=O) groups excluding carboxylic acids is 1.